The number of anilines is 1. The minimum atomic E-state index is -3.54. The van der Waals surface area contributed by atoms with Crippen LogP contribution in [0.5, 0.6) is 0 Å². The Balaban J connectivity index is 1.76. The van der Waals surface area contributed by atoms with Crippen LogP contribution in [0.15, 0.2) is 72.8 Å². The van der Waals surface area contributed by atoms with Gasteiger partial charge in [-0.3, -0.25) is 9.10 Å². The normalized spacial score (nSPS) is 20.7. The van der Waals surface area contributed by atoms with Crippen LogP contribution in [0.1, 0.15) is 65.3 Å². The van der Waals surface area contributed by atoms with Crippen molar-refractivity contribution in [3.8, 4) is 0 Å². The van der Waals surface area contributed by atoms with E-state index in [1.165, 1.54) is 16.1 Å². The average molecular weight is 550 g/mol. The third-order valence-electron chi connectivity index (χ3n) is 6.88. The topological polar surface area (TPSA) is 102 Å². The Kier molecular flexibility index (Phi) is 9.10. The number of amides is 1. The molecule has 3 aromatic rings. The number of hydrogen-bond donors (Lipinski definition) is 2. The van der Waals surface area contributed by atoms with Gasteiger partial charge in [0.15, 0.2) is 0 Å². The summed E-state index contributed by atoms with van der Waals surface area (Å²) in [4.78, 5) is 13.7. The van der Waals surface area contributed by atoms with Gasteiger partial charge in [-0.1, -0.05) is 61.5 Å². The lowest BCUT2D eigenvalue weighted by atomic mass is 9.92. The van der Waals surface area contributed by atoms with E-state index >= 15 is 0 Å². The number of nitrogens with zero attached hydrogens (tertiary/aromatic N) is 1. The second-order valence-corrected chi connectivity index (χ2v) is 12.7. The van der Waals surface area contributed by atoms with Crippen molar-refractivity contribution < 1.29 is 17.9 Å². The number of aryl methyl sites for hydroxylation is 1. The van der Waals surface area contributed by atoms with E-state index in [9.17, 15) is 13.2 Å². The van der Waals surface area contributed by atoms with Gasteiger partial charge in [0.05, 0.1) is 31.2 Å². The fourth-order valence-electron chi connectivity index (χ4n) is 5.10. The van der Waals surface area contributed by atoms with Crippen LogP contribution in [0.25, 0.3) is 0 Å². The Bertz CT molecular complexity index is 1390. The summed E-state index contributed by atoms with van der Waals surface area (Å²) >= 11 is 0. The van der Waals surface area contributed by atoms with Gasteiger partial charge in [0, 0.05) is 17.6 Å². The lowest BCUT2D eigenvalue weighted by Crippen LogP contribution is -2.43. The van der Waals surface area contributed by atoms with Crippen LogP contribution >= 0.6 is 0 Å². The quantitative estimate of drug-likeness (QED) is 0.478. The van der Waals surface area contributed by atoms with Gasteiger partial charge in [0.1, 0.15) is 0 Å². The molecule has 1 amide bonds. The molecule has 7 nitrogen and oxygen atoms in total. The maximum absolute atomic E-state index is 13.7. The van der Waals surface area contributed by atoms with Crippen LogP contribution < -0.4 is 15.4 Å². The van der Waals surface area contributed by atoms with Gasteiger partial charge >= 0.3 is 0 Å². The number of fused-ring (bicyclic) bond motifs is 4. The van der Waals surface area contributed by atoms with Gasteiger partial charge in [-0.05, 0) is 73.1 Å². The molecule has 1 aliphatic heterocycles. The number of benzene rings is 3. The maximum Gasteiger partial charge on any atom is 0.251 e. The fraction of sp³-hybridized carbons (Fsp3) is 0.387. The molecule has 1 heterocycles. The first-order chi connectivity index (χ1) is 18.5. The third-order valence-corrected chi connectivity index (χ3v) is 8.08. The highest BCUT2D eigenvalue weighted by molar-refractivity contribution is 7.92. The third kappa shape index (κ3) is 7.91. The first-order valence-corrected chi connectivity index (χ1v) is 15.3. The van der Waals surface area contributed by atoms with Gasteiger partial charge in [0.2, 0.25) is 10.0 Å². The Morgan fingerprint density at radius 2 is 1.77 bits per heavy atom. The molecule has 0 aliphatic carbocycles. The minimum Gasteiger partial charge on any atom is -0.375 e. The second kappa shape index (κ2) is 12.3. The Morgan fingerprint density at radius 1 is 1.03 bits per heavy atom. The molecule has 0 unspecified atom stereocenters. The van der Waals surface area contributed by atoms with Crippen LogP contribution in [0, 0.1) is 0 Å². The number of nitrogens with one attached hydrogen (secondary N) is 1. The van der Waals surface area contributed by atoms with E-state index in [1.807, 2.05) is 44.2 Å². The summed E-state index contributed by atoms with van der Waals surface area (Å²) in [6.45, 7) is 4.72. The molecular weight excluding hydrogens is 510 g/mol. The van der Waals surface area contributed by atoms with Crippen LogP contribution in [0.2, 0.25) is 0 Å². The van der Waals surface area contributed by atoms with E-state index in [-0.39, 0.29) is 18.6 Å². The van der Waals surface area contributed by atoms with Gasteiger partial charge in [0.25, 0.3) is 5.91 Å². The lowest BCUT2D eigenvalue weighted by molar-refractivity contribution is 0.0789. The van der Waals surface area contributed by atoms with Crippen LogP contribution in [0.4, 0.5) is 5.69 Å². The fourth-order valence-corrected chi connectivity index (χ4v) is 6.10. The predicted molar refractivity (Wildman–Crippen MR) is 156 cm³/mol. The van der Waals surface area contributed by atoms with Crippen molar-refractivity contribution in [2.24, 2.45) is 5.73 Å². The summed E-state index contributed by atoms with van der Waals surface area (Å²) < 4.78 is 32.7. The molecule has 0 radical (unpaired) electrons. The molecule has 39 heavy (non-hydrogen) atoms. The number of carbonyl (C=O) groups is 1. The monoisotopic (exact) mass is 549 g/mol. The van der Waals surface area contributed by atoms with E-state index in [4.69, 9.17) is 10.5 Å². The molecule has 4 rings (SSSR count). The summed E-state index contributed by atoms with van der Waals surface area (Å²) in [6, 6.07) is 23.3. The van der Waals surface area contributed by atoms with Crippen molar-refractivity contribution in [1.82, 2.24) is 5.32 Å². The number of sulfonamides is 1. The van der Waals surface area contributed by atoms with Crippen molar-refractivity contribution >= 4 is 21.6 Å². The molecule has 0 spiro atoms. The number of carbonyl (C=O) groups excluding carboxylic acids is 1. The molecule has 208 valence electrons. The van der Waals surface area contributed by atoms with E-state index in [1.54, 1.807) is 18.2 Å². The van der Waals surface area contributed by atoms with Gasteiger partial charge in [-0.25, -0.2) is 8.42 Å². The SMILES string of the molecule is CCCN(c1cc2cc(c1)C(=O)N[C@@H](c1ccccc1)CCc1cccc(c1)C[C@@](C)(N)COC2)S(C)(=O)=O. The first kappa shape index (κ1) is 28.8. The molecule has 0 saturated carbocycles. The summed E-state index contributed by atoms with van der Waals surface area (Å²) in [5.74, 6) is -0.263. The van der Waals surface area contributed by atoms with Gasteiger partial charge < -0.3 is 15.8 Å². The summed E-state index contributed by atoms with van der Waals surface area (Å²) in [7, 11) is -3.54. The van der Waals surface area contributed by atoms with E-state index < -0.39 is 15.6 Å². The van der Waals surface area contributed by atoms with Crippen molar-refractivity contribution in [3.63, 3.8) is 0 Å². The predicted octanol–water partition coefficient (Wildman–Crippen LogP) is 4.76. The van der Waals surface area contributed by atoms with Crippen LogP contribution in [0.3, 0.4) is 0 Å². The Morgan fingerprint density at radius 3 is 2.49 bits per heavy atom. The van der Waals surface area contributed by atoms with Crippen LogP contribution in [-0.2, 0) is 34.2 Å². The van der Waals surface area contributed by atoms with E-state index in [0.717, 1.165) is 17.5 Å². The van der Waals surface area contributed by atoms with Crippen molar-refractivity contribution in [2.75, 3.05) is 23.7 Å². The highest BCUT2D eigenvalue weighted by Crippen LogP contribution is 2.26. The molecule has 0 aromatic heterocycles. The Labute approximate surface area is 232 Å². The molecule has 1 aliphatic rings. The minimum absolute atomic E-state index is 0.201. The summed E-state index contributed by atoms with van der Waals surface area (Å²) in [5.41, 5.74) is 10.9. The molecule has 8 heteroatoms. The Hall–Kier alpha value is -3.20. The van der Waals surface area contributed by atoms with Gasteiger partial charge in [-0.2, -0.15) is 0 Å². The lowest BCUT2D eigenvalue weighted by Gasteiger charge is -2.26. The van der Waals surface area contributed by atoms with Crippen molar-refractivity contribution in [3.05, 3.63) is 101 Å². The summed E-state index contributed by atoms with van der Waals surface area (Å²) in [5, 5.41) is 3.21. The molecule has 0 fully saturated rings. The van der Waals surface area contributed by atoms with E-state index in [2.05, 4.69) is 29.6 Å². The number of hydrogen-bond acceptors (Lipinski definition) is 5. The highest BCUT2D eigenvalue weighted by atomic mass is 32.2. The van der Waals surface area contributed by atoms with Gasteiger partial charge in [-0.15, -0.1) is 0 Å². The van der Waals surface area contributed by atoms with E-state index in [0.29, 0.717) is 49.2 Å². The highest BCUT2D eigenvalue weighted by Gasteiger charge is 2.23. The molecule has 3 aromatic carbocycles. The molecule has 2 atom stereocenters. The molecular formula is C31H39N3O4S. The number of nitrogens with two attached hydrogens (primary N) is 1. The number of rotatable bonds is 5. The summed E-state index contributed by atoms with van der Waals surface area (Å²) in [6.07, 6.45) is 3.96. The standard InChI is InChI=1S/C31H39N3O4S/c1-4-15-34(39(3,36)37)28-18-25-17-27(19-28)30(35)33-29(26-11-6-5-7-12-26)14-13-23-9-8-10-24(16-23)20-31(2,32)22-38-21-25/h5-12,16-19,29H,4,13-15,20-22,32H2,1-3H3,(H,33,35)/t29-,31-/m1/s1. The first-order valence-electron chi connectivity index (χ1n) is 13.5. The second-order valence-electron chi connectivity index (χ2n) is 10.8. The van der Waals surface area contributed by atoms with Crippen LogP contribution in [-0.4, -0.2) is 39.3 Å². The molecule has 3 N–H and O–H groups in total. The molecule has 0 saturated heterocycles. The zero-order valence-electron chi connectivity index (χ0n) is 23.0. The van der Waals surface area contributed by atoms with Crippen molar-refractivity contribution in [2.45, 2.75) is 57.7 Å². The largest absolute Gasteiger partial charge is 0.375 e. The maximum atomic E-state index is 13.7. The average Bonchev–Trinajstić information content (AvgIpc) is 2.88. The zero-order chi connectivity index (χ0) is 28.0. The van der Waals surface area contributed by atoms with Crippen molar-refractivity contribution in [1.29, 1.82) is 0 Å². The zero-order valence-corrected chi connectivity index (χ0v) is 23.8. The smallest absolute Gasteiger partial charge is 0.251 e. The number of ether oxygens (including phenoxy) is 1. The molecule has 4 bridgehead atoms.